The topological polar surface area (TPSA) is 650 Å². The molecule has 0 spiro atoms. The number of nitrogens with one attached hydrogen (secondary N) is 6. The van der Waals surface area contributed by atoms with Crippen LogP contribution in [0.15, 0.2) is 158 Å². The summed E-state index contributed by atoms with van der Waals surface area (Å²) in [6.45, 7) is 5.17. The Morgan fingerprint density at radius 3 is 0.991 bits per heavy atom. The van der Waals surface area contributed by atoms with Crippen molar-refractivity contribution in [3.63, 3.8) is 0 Å². The van der Waals surface area contributed by atoms with E-state index in [1.165, 1.54) is 6.92 Å². The highest BCUT2D eigenvalue weighted by molar-refractivity contribution is 6.46. The van der Waals surface area contributed by atoms with Gasteiger partial charge in [-0.1, -0.05) is 148 Å². The maximum Gasteiger partial charge on any atom is 0.476 e. The Kier molecular flexibility index (Phi) is 48.6. The number of unbranched alkanes of at least 4 members (excludes halogenated alkanes) is 2. The van der Waals surface area contributed by atoms with Gasteiger partial charge in [-0.25, -0.2) is 0 Å². The van der Waals surface area contributed by atoms with Crippen LogP contribution in [0.5, 0.6) is 0 Å². The van der Waals surface area contributed by atoms with Gasteiger partial charge in [-0.05, 0) is 96.5 Å². The van der Waals surface area contributed by atoms with E-state index in [0.717, 1.165) is 53.1 Å². The molecule has 0 aliphatic carbocycles. The zero-order valence-electron chi connectivity index (χ0n) is 61.7. The molecule has 0 bridgehead atoms. The number of ketones is 1. The van der Waals surface area contributed by atoms with Crippen molar-refractivity contribution in [1.29, 1.82) is 0 Å². The van der Waals surface area contributed by atoms with Crippen LogP contribution in [0.25, 0.3) is 21.9 Å². The molecule has 0 aliphatic heterocycles. The summed E-state index contributed by atoms with van der Waals surface area (Å²) in [4.78, 5) is 134. The average Bonchev–Trinajstić information content (AvgIpc) is 0.838. The van der Waals surface area contributed by atoms with Gasteiger partial charge in [0.25, 0.3) is 17.7 Å². The lowest BCUT2D eigenvalue weighted by Gasteiger charge is -2.16. The molecule has 0 radical (unpaired) electrons. The van der Waals surface area contributed by atoms with Crippen LogP contribution >= 0.6 is 0 Å². The van der Waals surface area contributed by atoms with E-state index < -0.39 is 126 Å². The van der Waals surface area contributed by atoms with Crippen LogP contribution in [0, 0.1) is 0 Å². The van der Waals surface area contributed by atoms with Crippen molar-refractivity contribution in [2.45, 2.75) is 153 Å². The minimum Gasteiger partial charge on any atom is -0.426 e. The number of primary amides is 5. The number of rotatable bonds is 38. The van der Waals surface area contributed by atoms with Crippen molar-refractivity contribution in [3.8, 4) is 11.1 Å². The highest BCUT2D eigenvalue weighted by atomic mass is 16.4. The molecule has 0 saturated heterocycles. The van der Waals surface area contributed by atoms with Crippen LogP contribution in [0.1, 0.15) is 147 Å². The van der Waals surface area contributed by atoms with Gasteiger partial charge in [-0.2, -0.15) is 0 Å². The first-order chi connectivity index (χ1) is 52.4. The summed E-state index contributed by atoms with van der Waals surface area (Å²) >= 11 is 0. The molecule has 0 aromatic heterocycles. The Bertz CT molecular complexity index is 3850. The first kappa shape index (κ1) is 98.3. The van der Waals surface area contributed by atoms with Crippen LogP contribution in [0.3, 0.4) is 0 Å². The largest absolute Gasteiger partial charge is 0.476 e. The van der Waals surface area contributed by atoms with Gasteiger partial charge in [-0.15, -0.1) is 0 Å². The zero-order valence-corrected chi connectivity index (χ0v) is 61.7. The molecule has 11 amide bonds. The van der Waals surface area contributed by atoms with E-state index in [1.807, 2.05) is 111 Å². The van der Waals surface area contributed by atoms with E-state index in [4.69, 9.17) is 78.9 Å². The van der Waals surface area contributed by atoms with Crippen molar-refractivity contribution in [2.24, 2.45) is 28.7 Å². The maximum absolute atomic E-state index is 12.1. The predicted octanol–water partition coefficient (Wildman–Crippen LogP) is -3.58. The Labute approximate surface area is 643 Å². The first-order valence-corrected chi connectivity index (χ1v) is 35.0. The van der Waals surface area contributed by atoms with Crippen LogP contribution in [0.2, 0.25) is 0 Å². The van der Waals surface area contributed by atoms with Crippen molar-refractivity contribution in [1.82, 2.24) is 31.9 Å². The van der Waals surface area contributed by atoms with E-state index in [2.05, 4.69) is 31.9 Å². The molecule has 0 aliphatic rings. The number of amides is 11. The van der Waals surface area contributed by atoms with Gasteiger partial charge < -0.3 is 121 Å². The Hall–Kier alpha value is -10.7. The van der Waals surface area contributed by atoms with E-state index in [1.54, 1.807) is 60.7 Å². The Balaban J connectivity index is 0.000000671. The molecular weight excluding hydrogens is 1440 g/mol. The lowest BCUT2D eigenvalue weighted by molar-refractivity contribution is -0.123. The minimum atomic E-state index is -1.86. The van der Waals surface area contributed by atoms with Crippen molar-refractivity contribution in [2.75, 3.05) is 0 Å². The molecular formula is C70H99B6N11O24. The van der Waals surface area contributed by atoms with E-state index >= 15 is 0 Å². The quantitative estimate of drug-likeness (QED) is 0.0132. The molecule has 596 valence electrons. The molecule has 6 aromatic rings. The number of Topliss-reactive ketones (excluding diaryl/α,β-unsaturated/α-hetero) is 1. The van der Waals surface area contributed by atoms with Crippen LogP contribution in [-0.2, 0) is 49.6 Å². The van der Waals surface area contributed by atoms with Crippen LogP contribution in [0.4, 0.5) is 0 Å². The molecule has 111 heavy (non-hydrogen) atoms. The standard InChI is InChI=1S/C17H18BNO4.C14H15BN2O4.C13H19BN2O4.C10H13BN2O4.C9H19BN2O4.C7H15BN2O4/c1-12(20)11-16(18(22)23)19-17(21)15-9-7-14(8-10-15)13-5-3-2-4-6-13;16-13(18)8-12(15(20)21)17-14(19)11-6-5-9-3-1-2-4-10(9)7-11;15-12(17)9-11(14(19)20)16-13(18)8-4-7-10-5-2-1-3-6-10;12-9(14)6-8(11(16)17)13-10(15)7-4-2-1-3-5-7;1-2-3-4-5-9(14)12-7(10(15)16)6-8(11)13;1-2-3-7(12)10-5(8(13)14)4-6(9)11/h2-10,16,22-23H,11H2,1H3,(H,19,21);1-7,12,20-21H,8H2,(H2,16,18)(H,17,19);1-3,5-6,11,19-20H,4,7-9H2,(H2,15,17)(H,16,18);1-5,8,16-17H,6H2,(H2,12,14)(H,13,15);7,15-16H,2-6H2,1H3,(H2,11,13)(H,12,14);5,13-14H,2-4H2,1H3,(H2,9,11)(H,10,12)/t16-;12-;11-;8-;7-;5-/m111111/s1. The van der Waals surface area contributed by atoms with Gasteiger partial charge in [0, 0.05) is 74.5 Å². The molecule has 41 heteroatoms. The van der Waals surface area contributed by atoms with Gasteiger partial charge in [-0.3, -0.25) is 57.5 Å². The summed E-state index contributed by atoms with van der Waals surface area (Å²) in [5, 5.41) is 124. The fraction of sp³-hybridized carbons (Fsp3) is 0.343. The molecule has 0 unspecified atom stereocenters. The van der Waals surface area contributed by atoms with Crippen molar-refractivity contribution >= 4 is 124 Å². The van der Waals surface area contributed by atoms with Gasteiger partial charge >= 0.3 is 42.7 Å². The smallest absolute Gasteiger partial charge is 0.426 e. The minimum absolute atomic E-state index is 0.133. The fourth-order valence-corrected chi connectivity index (χ4v) is 9.60. The monoisotopic (exact) mass is 1540 g/mol. The van der Waals surface area contributed by atoms with Gasteiger partial charge in [0.05, 0.1) is 35.6 Å². The summed E-state index contributed by atoms with van der Waals surface area (Å²) in [7, 11) is -10.8. The first-order valence-electron chi connectivity index (χ1n) is 35.0. The second-order valence-corrected chi connectivity index (χ2v) is 24.9. The SMILES string of the molecule is CC(=O)C[C@@H](NC(=O)c1ccc(-c2ccccc2)cc1)B(O)O.CCCC(=O)N[C@H](CC(N)=O)B(O)O.CCCCCC(=O)N[C@H](CC(N)=O)B(O)O.NC(=O)C[C@@H](NC(=O)CCCc1ccccc1)B(O)O.NC(=O)C[C@@H](NC(=O)c1ccc2ccccc2c1)B(O)O.NC(=O)C[C@@H](NC(=O)c1ccccc1)B(O)O. The normalized spacial score (nSPS) is 11.8. The maximum atomic E-state index is 12.1. The average molecular weight is 1540 g/mol. The van der Waals surface area contributed by atoms with Gasteiger partial charge in [0.15, 0.2) is 0 Å². The third-order valence-electron chi connectivity index (χ3n) is 15.3. The third-order valence-corrected chi connectivity index (χ3v) is 15.3. The number of hydrogen-bond acceptors (Lipinski definition) is 24. The summed E-state index contributed by atoms with van der Waals surface area (Å²) in [6.07, 6.45) is 3.89. The van der Waals surface area contributed by atoms with E-state index in [0.29, 0.717) is 36.0 Å². The number of fused-ring (bicyclic) bond motifs is 1. The molecule has 6 rings (SSSR count). The fourth-order valence-electron chi connectivity index (χ4n) is 9.60. The second kappa shape index (κ2) is 54.8. The molecule has 6 atom stereocenters. The number of carbonyl (C=O) groups excluding carboxylic acids is 12. The Morgan fingerprint density at radius 2 is 0.622 bits per heavy atom. The molecule has 0 heterocycles. The van der Waals surface area contributed by atoms with Crippen LogP contribution in [-0.4, -0.2) is 209 Å². The number of carbonyl (C=O) groups is 12. The van der Waals surface area contributed by atoms with Crippen molar-refractivity contribution < 1.29 is 118 Å². The van der Waals surface area contributed by atoms with Crippen molar-refractivity contribution in [3.05, 3.63) is 180 Å². The summed E-state index contributed by atoms with van der Waals surface area (Å²) in [6, 6.07) is 47.3. The number of nitrogens with two attached hydrogens (primary N) is 5. The number of aryl methyl sites for hydroxylation is 1. The molecule has 6 aromatic carbocycles. The van der Waals surface area contributed by atoms with E-state index in [9.17, 15) is 67.6 Å². The number of benzene rings is 6. The highest BCUT2D eigenvalue weighted by Crippen LogP contribution is 2.20. The lowest BCUT2D eigenvalue weighted by atomic mass is 9.76. The highest BCUT2D eigenvalue weighted by Gasteiger charge is 2.32. The third kappa shape index (κ3) is 44.6. The molecule has 0 fully saturated rings. The van der Waals surface area contributed by atoms with Gasteiger partial charge in [0.1, 0.15) is 5.78 Å². The van der Waals surface area contributed by atoms with Gasteiger partial charge in [0.2, 0.25) is 47.3 Å². The predicted molar refractivity (Wildman–Crippen MR) is 416 cm³/mol. The summed E-state index contributed by atoms with van der Waals surface area (Å²) in [5.74, 6) is -12.6. The molecule has 0 saturated carbocycles. The summed E-state index contributed by atoms with van der Waals surface area (Å²) < 4.78 is 0. The van der Waals surface area contributed by atoms with E-state index in [-0.39, 0.29) is 74.9 Å². The summed E-state index contributed by atoms with van der Waals surface area (Å²) in [5.41, 5.74) is 29.0. The second-order valence-electron chi connectivity index (χ2n) is 24.9. The molecule has 35 nitrogen and oxygen atoms in total. The lowest BCUT2D eigenvalue weighted by Crippen LogP contribution is -2.48. The zero-order chi connectivity index (χ0) is 83.7. The number of hydrogen-bond donors (Lipinski definition) is 23. The Morgan fingerprint density at radius 1 is 0.315 bits per heavy atom. The van der Waals surface area contributed by atoms with Crippen LogP contribution < -0.4 is 60.6 Å². The molecule has 28 N–H and O–H groups in total.